The summed E-state index contributed by atoms with van der Waals surface area (Å²) < 4.78 is 4.13. The van der Waals surface area contributed by atoms with Gasteiger partial charge in [0.25, 0.3) is 0 Å². The van der Waals surface area contributed by atoms with E-state index in [0.29, 0.717) is 19.5 Å². The molecular weight excluding hydrogens is 328 g/mol. The van der Waals surface area contributed by atoms with E-state index in [1.807, 2.05) is 24.8 Å². The van der Waals surface area contributed by atoms with E-state index in [4.69, 9.17) is 0 Å². The summed E-state index contributed by atoms with van der Waals surface area (Å²) in [6.45, 7) is 1.29. The molecule has 8 heterocycles. The quantitative estimate of drug-likeness (QED) is 0.389. The zero-order chi connectivity index (χ0) is 17.3. The first-order chi connectivity index (χ1) is 12.8. The van der Waals surface area contributed by atoms with Crippen LogP contribution >= 0.6 is 0 Å². The standard InChI is InChI=1S/C18H18N8/c1-5-25-6-2-13(1)9-15-19-16(22-21-15)10-14-3-7-26(8-4-14)12-18-20-17(11-25)23-24-18/h1-8H,9-12H2,(H,19,21,22)(H,20,23,24)/q+2. The first kappa shape index (κ1) is 14.9. The van der Waals surface area contributed by atoms with Crippen molar-refractivity contribution in [2.24, 2.45) is 0 Å². The van der Waals surface area contributed by atoms with Crippen LogP contribution in [0.2, 0.25) is 0 Å². The van der Waals surface area contributed by atoms with Crippen LogP contribution in [0.4, 0.5) is 0 Å². The minimum atomic E-state index is 0.632. The molecule has 0 unspecified atom stereocenters. The maximum atomic E-state index is 4.62. The van der Waals surface area contributed by atoms with E-state index in [1.165, 1.54) is 11.1 Å². The van der Waals surface area contributed by atoms with Gasteiger partial charge < -0.3 is 0 Å². The van der Waals surface area contributed by atoms with Gasteiger partial charge in [0.2, 0.25) is 18.9 Å². The largest absolute Gasteiger partial charge is 0.263 e. The molecule has 26 heavy (non-hydrogen) atoms. The molecule has 8 nitrogen and oxygen atoms in total. The smallest absolute Gasteiger partial charge is 0.216 e. The van der Waals surface area contributed by atoms with Crippen LogP contribution < -0.4 is 9.13 Å². The molecule has 8 bridgehead atoms. The third-order valence-corrected chi connectivity index (χ3v) is 4.47. The fourth-order valence-electron chi connectivity index (χ4n) is 3.10. The minimum Gasteiger partial charge on any atom is -0.263 e. The van der Waals surface area contributed by atoms with E-state index in [-0.39, 0.29) is 0 Å². The lowest BCUT2D eigenvalue weighted by Gasteiger charge is -1.99. The third kappa shape index (κ3) is 3.08. The van der Waals surface area contributed by atoms with Crippen molar-refractivity contribution in [2.75, 3.05) is 0 Å². The summed E-state index contributed by atoms with van der Waals surface area (Å²) in [5.41, 5.74) is 2.36. The van der Waals surface area contributed by atoms with E-state index in [2.05, 4.69) is 63.8 Å². The van der Waals surface area contributed by atoms with Crippen LogP contribution in [0.25, 0.3) is 0 Å². The molecule has 4 aromatic rings. The highest BCUT2D eigenvalue weighted by Crippen LogP contribution is 2.07. The molecule has 0 aromatic carbocycles. The maximum Gasteiger partial charge on any atom is 0.216 e. The third-order valence-electron chi connectivity index (χ3n) is 4.47. The zero-order valence-corrected chi connectivity index (χ0v) is 14.1. The molecule has 0 aliphatic carbocycles. The number of aromatic nitrogens is 8. The molecule has 0 saturated heterocycles. The summed E-state index contributed by atoms with van der Waals surface area (Å²) in [6.07, 6.45) is 9.60. The predicted molar refractivity (Wildman–Crippen MR) is 89.9 cm³/mol. The number of rotatable bonds is 0. The molecule has 4 aromatic heterocycles. The predicted octanol–water partition coefficient (Wildman–Crippen LogP) is 0.0894. The number of pyridine rings is 2. The molecule has 0 radical (unpaired) electrons. The van der Waals surface area contributed by atoms with E-state index >= 15 is 0 Å². The molecule has 128 valence electrons. The monoisotopic (exact) mass is 346 g/mol. The Balaban J connectivity index is 1.52. The molecule has 0 amide bonds. The highest BCUT2D eigenvalue weighted by Gasteiger charge is 2.14. The van der Waals surface area contributed by atoms with Gasteiger partial charge in [0.15, 0.2) is 36.4 Å². The van der Waals surface area contributed by atoms with Crippen molar-refractivity contribution < 1.29 is 9.13 Å². The molecule has 4 aliphatic rings. The normalized spacial score (nSPS) is 13.5. The van der Waals surface area contributed by atoms with Gasteiger partial charge in [-0.3, -0.25) is 10.2 Å². The van der Waals surface area contributed by atoms with Crippen molar-refractivity contribution in [2.45, 2.75) is 25.9 Å². The van der Waals surface area contributed by atoms with Gasteiger partial charge in [-0.15, -0.1) is 0 Å². The Morgan fingerprint density at radius 1 is 0.654 bits per heavy atom. The number of hydrogen-bond acceptors (Lipinski definition) is 4. The van der Waals surface area contributed by atoms with E-state index in [9.17, 15) is 0 Å². The van der Waals surface area contributed by atoms with Gasteiger partial charge in [-0.25, -0.2) is 9.97 Å². The van der Waals surface area contributed by atoms with Crippen molar-refractivity contribution in [3.63, 3.8) is 0 Å². The number of H-pyrrole nitrogens is 2. The van der Waals surface area contributed by atoms with Crippen LogP contribution in [0.15, 0.2) is 49.1 Å². The SMILES string of the molecule is c1c[n+]2ccc1Cc1n[nH]c(n1)Cc1cc[n+](cc1)Cc1n[nH]c(n1)C2. The Morgan fingerprint density at radius 3 is 2.00 bits per heavy atom. The van der Waals surface area contributed by atoms with Crippen LogP contribution in [0.3, 0.4) is 0 Å². The van der Waals surface area contributed by atoms with Gasteiger partial charge in [-0.1, -0.05) is 0 Å². The summed E-state index contributed by atoms with van der Waals surface area (Å²) in [5, 5.41) is 14.8. The lowest BCUT2D eigenvalue weighted by atomic mass is 10.2. The Bertz CT molecular complexity index is 865. The summed E-state index contributed by atoms with van der Waals surface area (Å²) in [7, 11) is 0. The average molecular weight is 346 g/mol. The lowest BCUT2D eigenvalue weighted by molar-refractivity contribution is -0.690. The molecule has 0 fully saturated rings. The molecule has 8 heteroatoms. The molecule has 2 N–H and O–H groups in total. The molecular formula is C18H18N8+2. The average Bonchev–Trinajstić information content (AvgIpc) is 3.27. The van der Waals surface area contributed by atoms with E-state index < -0.39 is 0 Å². The second-order valence-electron chi connectivity index (χ2n) is 6.51. The number of nitrogens with one attached hydrogen (secondary N) is 2. The van der Waals surface area contributed by atoms with Crippen LogP contribution in [0.1, 0.15) is 34.4 Å². The Labute approximate surface area is 149 Å². The van der Waals surface area contributed by atoms with Gasteiger partial charge in [0, 0.05) is 37.1 Å². The van der Waals surface area contributed by atoms with Gasteiger partial charge in [-0.05, 0) is 11.1 Å². The molecule has 0 spiro atoms. The van der Waals surface area contributed by atoms with Crippen molar-refractivity contribution in [1.82, 2.24) is 30.4 Å². The van der Waals surface area contributed by atoms with Crippen molar-refractivity contribution in [3.05, 3.63) is 83.5 Å². The Morgan fingerprint density at radius 2 is 1.23 bits per heavy atom. The van der Waals surface area contributed by atoms with Crippen molar-refractivity contribution in [1.29, 1.82) is 0 Å². The Hall–Kier alpha value is -3.42. The second kappa shape index (κ2) is 6.14. The molecule has 0 atom stereocenters. The van der Waals surface area contributed by atoms with Crippen LogP contribution in [-0.2, 0) is 25.9 Å². The molecule has 4 aliphatic heterocycles. The fraction of sp³-hybridized carbons (Fsp3) is 0.222. The minimum absolute atomic E-state index is 0.632. The van der Waals surface area contributed by atoms with E-state index in [1.54, 1.807) is 0 Å². The fourth-order valence-corrected chi connectivity index (χ4v) is 3.10. The summed E-state index contributed by atoms with van der Waals surface area (Å²) in [5.74, 6) is 3.30. The topological polar surface area (TPSA) is 90.9 Å². The number of nitrogens with zero attached hydrogens (tertiary/aromatic N) is 6. The summed E-state index contributed by atoms with van der Waals surface area (Å²) in [4.78, 5) is 9.21. The Kier molecular flexibility index (Phi) is 3.52. The molecule has 0 saturated carbocycles. The molecule has 8 rings (SSSR count). The van der Waals surface area contributed by atoms with Crippen LogP contribution in [0, 0.1) is 0 Å². The van der Waals surface area contributed by atoms with Crippen molar-refractivity contribution >= 4 is 0 Å². The summed E-state index contributed by atoms with van der Waals surface area (Å²) in [6, 6.07) is 8.36. The number of hydrogen-bond donors (Lipinski definition) is 2. The maximum absolute atomic E-state index is 4.62. The van der Waals surface area contributed by atoms with Gasteiger partial charge in [-0.2, -0.15) is 19.3 Å². The zero-order valence-electron chi connectivity index (χ0n) is 14.1. The number of aromatic amines is 2. The van der Waals surface area contributed by atoms with Gasteiger partial charge in [0.1, 0.15) is 5.82 Å². The van der Waals surface area contributed by atoms with Crippen LogP contribution in [-0.4, -0.2) is 30.4 Å². The van der Waals surface area contributed by atoms with Crippen molar-refractivity contribution in [3.8, 4) is 0 Å². The second-order valence-corrected chi connectivity index (χ2v) is 6.51. The lowest BCUT2D eigenvalue weighted by Crippen LogP contribution is -2.34. The van der Waals surface area contributed by atoms with E-state index in [0.717, 1.165) is 29.7 Å². The van der Waals surface area contributed by atoms with Crippen LogP contribution in [0.5, 0.6) is 0 Å². The first-order valence-electron chi connectivity index (χ1n) is 8.56. The highest BCUT2D eigenvalue weighted by atomic mass is 15.2. The van der Waals surface area contributed by atoms with Gasteiger partial charge in [0.05, 0.1) is 0 Å². The summed E-state index contributed by atoms with van der Waals surface area (Å²) >= 11 is 0. The van der Waals surface area contributed by atoms with Gasteiger partial charge >= 0.3 is 0 Å². The highest BCUT2D eigenvalue weighted by molar-refractivity contribution is 5.16. The first-order valence-corrected chi connectivity index (χ1v) is 8.56.